The maximum atomic E-state index is 13.0. The number of carbonyl (C=O) groups is 1. The molecule has 9 nitrogen and oxygen atoms in total. The van der Waals surface area contributed by atoms with Crippen molar-refractivity contribution >= 4 is 34.0 Å². The van der Waals surface area contributed by atoms with Gasteiger partial charge in [-0.15, -0.1) is 12.4 Å². The molecule has 11 heteroatoms. The third-order valence-corrected chi connectivity index (χ3v) is 6.70. The van der Waals surface area contributed by atoms with Gasteiger partial charge in [0.1, 0.15) is 0 Å². The molecular weight excluding hydrogens is 420 g/mol. The molecule has 2 aliphatic heterocycles. The molecule has 2 fully saturated rings. The molecule has 29 heavy (non-hydrogen) atoms. The minimum Gasteiger partial charge on any atom is -0.335 e. The maximum Gasteiger partial charge on any atom is 0.273 e. The molecule has 0 unspecified atom stereocenters. The highest BCUT2D eigenvalue weighted by atomic mass is 35.5. The summed E-state index contributed by atoms with van der Waals surface area (Å²) in [4.78, 5) is 27.7. The summed E-state index contributed by atoms with van der Waals surface area (Å²) >= 11 is 0. The molecule has 0 bridgehead atoms. The van der Waals surface area contributed by atoms with Gasteiger partial charge in [-0.05, 0) is 25.9 Å². The van der Waals surface area contributed by atoms with Crippen molar-refractivity contribution in [2.45, 2.75) is 25.3 Å². The van der Waals surface area contributed by atoms with E-state index in [-0.39, 0.29) is 49.6 Å². The third-order valence-electron chi connectivity index (χ3n) is 5.43. The molecule has 0 radical (unpaired) electrons. The van der Waals surface area contributed by atoms with Gasteiger partial charge < -0.3 is 9.80 Å². The molecule has 2 heterocycles. The molecule has 0 saturated carbocycles. The third kappa shape index (κ3) is 5.88. The standard InChI is InChI=1S/C18H26N4O5S.ClH/c1-28(26,27)20-10-11-21(16(14-20)13-19-8-4-5-9-19)18(23)12-15-6-2-3-7-17(15)22(24)25;/h2-3,6-7,16H,4-5,8-14H2,1H3;1H/t16-;/m1./s1. The number of para-hydroxylation sites is 1. The first-order chi connectivity index (χ1) is 13.3. The second-order valence-electron chi connectivity index (χ2n) is 7.43. The van der Waals surface area contributed by atoms with E-state index in [0.717, 1.165) is 25.9 Å². The highest BCUT2D eigenvalue weighted by Gasteiger charge is 2.35. The van der Waals surface area contributed by atoms with Crippen molar-refractivity contribution in [1.29, 1.82) is 0 Å². The minimum absolute atomic E-state index is 0. The van der Waals surface area contributed by atoms with Gasteiger partial charge >= 0.3 is 0 Å². The summed E-state index contributed by atoms with van der Waals surface area (Å²) in [7, 11) is -3.33. The molecule has 1 amide bonds. The molecule has 1 aromatic carbocycles. The second-order valence-corrected chi connectivity index (χ2v) is 9.41. The topological polar surface area (TPSA) is 104 Å². The SMILES string of the molecule is CS(=O)(=O)N1CCN(C(=O)Cc2ccccc2[N+](=O)[O-])[C@H](CN2CCCC2)C1.Cl. The zero-order valence-corrected chi connectivity index (χ0v) is 18.0. The molecule has 1 aromatic rings. The Morgan fingerprint density at radius 2 is 1.83 bits per heavy atom. The molecule has 2 aliphatic rings. The minimum atomic E-state index is -3.33. The van der Waals surface area contributed by atoms with Gasteiger partial charge in [-0.3, -0.25) is 14.9 Å². The average Bonchev–Trinajstić information content (AvgIpc) is 3.14. The predicted octanol–water partition coefficient (Wildman–Crippen LogP) is 1.13. The Kier molecular flexibility index (Phi) is 7.98. The Balaban J connectivity index is 0.00000300. The fourth-order valence-electron chi connectivity index (χ4n) is 3.98. The molecule has 0 aliphatic carbocycles. The number of nitrogens with zero attached hydrogens (tertiary/aromatic N) is 4. The first-order valence-corrected chi connectivity index (χ1v) is 11.3. The van der Waals surface area contributed by atoms with Crippen LogP contribution < -0.4 is 0 Å². The van der Waals surface area contributed by atoms with Crippen LogP contribution in [0.3, 0.4) is 0 Å². The molecule has 1 atom stereocenters. The number of piperazine rings is 1. The van der Waals surface area contributed by atoms with E-state index in [0.29, 0.717) is 18.7 Å². The van der Waals surface area contributed by atoms with Crippen molar-refractivity contribution < 1.29 is 18.1 Å². The van der Waals surface area contributed by atoms with E-state index in [1.807, 2.05) is 0 Å². The molecule has 0 spiro atoms. The molecule has 162 valence electrons. The number of sulfonamides is 1. The molecular formula is C18H27ClN4O5S. The van der Waals surface area contributed by atoms with Gasteiger partial charge in [0, 0.05) is 37.8 Å². The highest BCUT2D eigenvalue weighted by Crippen LogP contribution is 2.22. The lowest BCUT2D eigenvalue weighted by molar-refractivity contribution is -0.385. The van der Waals surface area contributed by atoms with Gasteiger partial charge in [-0.2, -0.15) is 4.31 Å². The highest BCUT2D eigenvalue weighted by molar-refractivity contribution is 7.88. The number of hydrogen-bond donors (Lipinski definition) is 0. The van der Waals surface area contributed by atoms with Crippen molar-refractivity contribution in [2.24, 2.45) is 0 Å². The maximum absolute atomic E-state index is 13.0. The Hall–Kier alpha value is -1.75. The number of benzene rings is 1. The van der Waals surface area contributed by atoms with E-state index < -0.39 is 14.9 Å². The van der Waals surface area contributed by atoms with Crippen LogP contribution in [0.4, 0.5) is 5.69 Å². The van der Waals surface area contributed by atoms with E-state index in [1.165, 1.54) is 16.6 Å². The number of halogens is 1. The summed E-state index contributed by atoms with van der Waals surface area (Å²) < 4.78 is 25.4. The Labute approximate surface area is 177 Å². The van der Waals surface area contributed by atoms with Gasteiger partial charge in [-0.25, -0.2) is 8.42 Å². The van der Waals surface area contributed by atoms with Crippen LogP contribution in [0, 0.1) is 10.1 Å². The van der Waals surface area contributed by atoms with Crippen LogP contribution in [-0.4, -0.2) is 84.9 Å². The van der Waals surface area contributed by atoms with Gasteiger partial charge in [0.2, 0.25) is 15.9 Å². The Morgan fingerprint density at radius 3 is 2.45 bits per heavy atom. The van der Waals surface area contributed by atoms with Gasteiger partial charge in [0.05, 0.1) is 23.6 Å². The number of likely N-dealkylation sites (tertiary alicyclic amines) is 1. The van der Waals surface area contributed by atoms with Crippen molar-refractivity contribution in [3.05, 3.63) is 39.9 Å². The fourth-order valence-corrected chi connectivity index (χ4v) is 4.83. The smallest absolute Gasteiger partial charge is 0.273 e. The van der Waals surface area contributed by atoms with E-state index in [1.54, 1.807) is 23.1 Å². The lowest BCUT2D eigenvalue weighted by Gasteiger charge is -2.42. The zero-order chi connectivity index (χ0) is 20.3. The lowest BCUT2D eigenvalue weighted by atomic mass is 10.1. The Morgan fingerprint density at radius 1 is 1.17 bits per heavy atom. The van der Waals surface area contributed by atoms with Crippen LogP contribution in [-0.2, 0) is 21.2 Å². The number of hydrogen-bond acceptors (Lipinski definition) is 6. The van der Waals surface area contributed by atoms with Crippen LogP contribution in [0.25, 0.3) is 0 Å². The van der Waals surface area contributed by atoms with Crippen molar-refractivity contribution in [3.63, 3.8) is 0 Å². The van der Waals surface area contributed by atoms with E-state index in [4.69, 9.17) is 0 Å². The number of amides is 1. The van der Waals surface area contributed by atoms with Gasteiger partial charge in [0.25, 0.3) is 5.69 Å². The van der Waals surface area contributed by atoms with Gasteiger partial charge in [-0.1, -0.05) is 18.2 Å². The van der Waals surface area contributed by atoms with E-state index in [2.05, 4.69) is 4.90 Å². The second kappa shape index (κ2) is 9.84. The van der Waals surface area contributed by atoms with Crippen molar-refractivity contribution in [1.82, 2.24) is 14.1 Å². The summed E-state index contributed by atoms with van der Waals surface area (Å²) in [5.74, 6) is -0.202. The quantitative estimate of drug-likeness (QED) is 0.479. The number of rotatable bonds is 6. The van der Waals surface area contributed by atoms with E-state index >= 15 is 0 Å². The largest absolute Gasteiger partial charge is 0.335 e. The summed E-state index contributed by atoms with van der Waals surface area (Å²) in [5, 5.41) is 11.2. The van der Waals surface area contributed by atoms with Crippen LogP contribution >= 0.6 is 12.4 Å². The Bertz CT molecular complexity index is 844. The molecule has 3 rings (SSSR count). The molecule has 0 N–H and O–H groups in total. The normalized spacial score (nSPS) is 21.0. The average molecular weight is 447 g/mol. The number of nitro benzene ring substituents is 1. The van der Waals surface area contributed by atoms with Crippen molar-refractivity contribution in [2.75, 3.05) is 45.5 Å². The predicted molar refractivity (Wildman–Crippen MR) is 112 cm³/mol. The summed E-state index contributed by atoms with van der Waals surface area (Å²) in [6.45, 7) is 3.32. The first kappa shape index (κ1) is 23.5. The van der Waals surface area contributed by atoms with Gasteiger partial charge in [0.15, 0.2) is 0 Å². The first-order valence-electron chi connectivity index (χ1n) is 9.45. The van der Waals surface area contributed by atoms with Crippen LogP contribution in [0.5, 0.6) is 0 Å². The summed E-state index contributed by atoms with van der Waals surface area (Å²) in [6, 6.07) is 5.99. The van der Waals surface area contributed by atoms with Crippen LogP contribution in [0.15, 0.2) is 24.3 Å². The zero-order valence-electron chi connectivity index (χ0n) is 16.4. The van der Waals surface area contributed by atoms with Crippen LogP contribution in [0.2, 0.25) is 0 Å². The van der Waals surface area contributed by atoms with Crippen LogP contribution in [0.1, 0.15) is 18.4 Å². The molecule has 2 saturated heterocycles. The van der Waals surface area contributed by atoms with E-state index in [9.17, 15) is 23.3 Å². The number of carbonyl (C=O) groups excluding carboxylic acids is 1. The molecule has 0 aromatic heterocycles. The summed E-state index contributed by atoms with van der Waals surface area (Å²) in [6.07, 6.45) is 3.33. The number of nitro groups is 1. The monoisotopic (exact) mass is 446 g/mol. The lowest BCUT2D eigenvalue weighted by Crippen LogP contribution is -2.59. The van der Waals surface area contributed by atoms with Crippen molar-refractivity contribution in [3.8, 4) is 0 Å². The fraction of sp³-hybridized carbons (Fsp3) is 0.611. The summed E-state index contributed by atoms with van der Waals surface area (Å²) in [5.41, 5.74) is 0.310.